The van der Waals surface area contributed by atoms with Gasteiger partial charge in [0.1, 0.15) is 5.82 Å². The average molecular weight is 295 g/mol. The fraction of sp³-hybridized carbons (Fsp3) is 0.500. The van der Waals surface area contributed by atoms with Crippen LogP contribution in [0.25, 0.3) is 0 Å². The zero-order valence-electron chi connectivity index (χ0n) is 11.7. The third-order valence-corrected chi connectivity index (χ3v) is 3.48. The van der Waals surface area contributed by atoms with Crippen LogP contribution in [0.2, 0.25) is 0 Å². The van der Waals surface area contributed by atoms with Gasteiger partial charge in [-0.2, -0.15) is 0 Å². The smallest absolute Gasteiger partial charge is 0.269 e. The van der Waals surface area contributed by atoms with Crippen molar-refractivity contribution in [3.63, 3.8) is 0 Å². The summed E-state index contributed by atoms with van der Waals surface area (Å²) in [6, 6.07) is 3.22. The van der Waals surface area contributed by atoms with E-state index >= 15 is 0 Å². The highest BCUT2D eigenvalue weighted by atomic mass is 19.1. The van der Waals surface area contributed by atoms with E-state index < -0.39 is 10.7 Å². The number of amides is 1. The number of halogens is 1. The molecule has 1 aromatic carbocycles. The molecule has 7 heteroatoms. The van der Waals surface area contributed by atoms with Gasteiger partial charge in [0, 0.05) is 30.8 Å². The topological polar surface area (TPSA) is 75.5 Å². The standard InChI is InChI=1S/C14H18FN3O3/c15-13-6-5-12(18(20)21)9-11(13)10-14(19)16-17-7-3-1-2-4-8-17/h5-6,9H,1-4,7-8,10H2,(H,16,19). The van der Waals surface area contributed by atoms with Gasteiger partial charge < -0.3 is 0 Å². The molecule has 1 N–H and O–H groups in total. The van der Waals surface area contributed by atoms with E-state index in [4.69, 9.17) is 0 Å². The van der Waals surface area contributed by atoms with Crippen LogP contribution in [0.4, 0.5) is 10.1 Å². The van der Waals surface area contributed by atoms with Crippen LogP contribution in [-0.2, 0) is 11.2 Å². The monoisotopic (exact) mass is 295 g/mol. The largest absolute Gasteiger partial charge is 0.289 e. The molecule has 0 saturated carbocycles. The number of non-ortho nitro benzene ring substituents is 1. The number of nitrogens with one attached hydrogen (secondary N) is 1. The lowest BCUT2D eigenvalue weighted by atomic mass is 10.1. The summed E-state index contributed by atoms with van der Waals surface area (Å²) in [4.78, 5) is 22.0. The summed E-state index contributed by atoms with van der Waals surface area (Å²) in [6.45, 7) is 1.56. The van der Waals surface area contributed by atoms with Crippen molar-refractivity contribution in [2.24, 2.45) is 0 Å². The van der Waals surface area contributed by atoms with Gasteiger partial charge in [0.15, 0.2) is 0 Å². The molecular weight excluding hydrogens is 277 g/mol. The first-order valence-corrected chi connectivity index (χ1v) is 7.03. The number of benzene rings is 1. The van der Waals surface area contributed by atoms with E-state index in [1.165, 1.54) is 0 Å². The molecule has 1 amide bonds. The maximum atomic E-state index is 13.6. The van der Waals surface area contributed by atoms with Crippen LogP contribution in [0, 0.1) is 15.9 Å². The van der Waals surface area contributed by atoms with Crippen molar-refractivity contribution in [1.82, 2.24) is 10.4 Å². The fourth-order valence-electron chi connectivity index (χ4n) is 2.38. The molecule has 1 fully saturated rings. The van der Waals surface area contributed by atoms with Gasteiger partial charge in [0.05, 0.1) is 11.3 Å². The molecule has 1 saturated heterocycles. The van der Waals surface area contributed by atoms with Crippen LogP contribution in [0.1, 0.15) is 31.2 Å². The third-order valence-electron chi connectivity index (χ3n) is 3.48. The van der Waals surface area contributed by atoms with Crippen molar-refractivity contribution >= 4 is 11.6 Å². The second-order valence-corrected chi connectivity index (χ2v) is 5.15. The predicted molar refractivity (Wildman–Crippen MR) is 74.9 cm³/mol. The molecule has 1 aromatic rings. The van der Waals surface area contributed by atoms with Crippen LogP contribution in [0.3, 0.4) is 0 Å². The normalized spacial score (nSPS) is 16.2. The lowest BCUT2D eigenvalue weighted by Gasteiger charge is -2.20. The highest BCUT2D eigenvalue weighted by Gasteiger charge is 2.16. The highest BCUT2D eigenvalue weighted by Crippen LogP contribution is 2.17. The molecule has 0 spiro atoms. The van der Waals surface area contributed by atoms with E-state index in [0.29, 0.717) is 0 Å². The molecule has 0 aromatic heterocycles. The summed E-state index contributed by atoms with van der Waals surface area (Å²) in [5, 5.41) is 12.5. The number of hydrazine groups is 1. The summed E-state index contributed by atoms with van der Waals surface area (Å²) in [7, 11) is 0. The number of hydrogen-bond acceptors (Lipinski definition) is 4. The molecule has 0 atom stereocenters. The zero-order valence-corrected chi connectivity index (χ0v) is 11.7. The highest BCUT2D eigenvalue weighted by molar-refractivity contribution is 5.78. The zero-order chi connectivity index (χ0) is 15.2. The molecular formula is C14H18FN3O3. The molecule has 0 unspecified atom stereocenters. The van der Waals surface area contributed by atoms with Crippen molar-refractivity contribution in [1.29, 1.82) is 0 Å². The van der Waals surface area contributed by atoms with Crippen molar-refractivity contribution < 1.29 is 14.1 Å². The Morgan fingerprint density at radius 3 is 2.57 bits per heavy atom. The summed E-state index contributed by atoms with van der Waals surface area (Å²) < 4.78 is 13.6. The van der Waals surface area contributed by atoms with Gasteiger partial charge in [-0.25, -0.2) is 9.40 Å². The van der Waals surface area contributed by atoms with Gasteiger partial charge >= 0.3 is 0 Å². The van der Waals surface area contributed by atoms with E-state index in [-0.39, 0.29) is 23.6 Å². The number of hydrogen-bond donors (Lipinski definition) is 1. The van der Waals surface area contributed by atoms with E-state index in [2.05, 4.69) is 5.43 Å². The van der Waals surface area contributed by atoms with E-state index in [9.17, 15) is 19.3 Å². The van der Waals surface area contributed by atoms with Crippen LogP contribution < -0.4 is 5.43 Å². The Bertz CT molecular complexity index is 528. The molecule has 1 aliphatic heterocycles. The second kappa shape index (κ2) is 7.12. The van der Waals surface area contributed by atoms with Crippen molar-refractivity contribution in [2.45, 2.75) is 32.1 Å². The molecule has 6 nitrogen and oxygen atoms in total. The van der Waals surface area contributed by atoms with Gasteiger partial charge in [0.25, 0.3) is 5.69 Å². The van der Waals surface area contributed by atoms with Crippen molar-refractivity contribution in [2.75, 3.05) is 13.1 Å². The van der Waals surface area contributed by atoms with Crippen LogP contribution in [-0.4, -0.2) is 28.9 Å². The molecule has 0 radical (unpaired) electrons. The van der Waals surface area contributed by atoms with Crippen LogP contribution >= 0.6 is 0 Å². The van der Waals surface area contributed by atoms with E-state index in [1.54, 1.807) is 0 Å². The first-order chi connectivity index (χ1) is 10.1. The number of carbonyl (C=O) groups excluding carboxylic acids is 1. The fourth-order valence-corrected chi connectivity index (χ4v) is 2.38. The first kappa shape index (κ1) is 15.4. The van der Waals surface area contributed by atoms with Gasteiger partial charge in [-0.3, -0.25) is 20.3 Å². The summed E-state index contributed by atoms with van der Waals surface area (Å²) in [6.07, 6.45) is 4.12. The molecule has 0 bridgehead atoms. The lowest BCUT2D eigenvalue weighted by molar-refractivity contribution is -0.385. The van der Waals surface area contributed by atoms with Gasteiger partial charge in [-0.15, -0.1) is 0 Å². The summed E-state index contributed by atoms with van der Waals surface area (Å²) in [5.41, 5.74) is 2.57. The number of nitro benzene ring substituents is 1. The Kier molecular flexibility index (Phi) is 5.21. The number of rotatable bonds is 4. The molecule has 2 rings (SSSR count). The SMILES string of the molecule is O=C(Cc1cc([N+](=O)[O-])ccc1F)NN1CCCCCC1. The Hall–Kier alpha value is -2.02. The van der Waals surface area contributed by atoms with Crippen LogP contribution in [0.15, 0.2) is 18.2 Å². The summed E-state index contributed by atoms with van der Waals surface area (Å²) >= 11 is 0. The Morgan fingerprint density at radius 2 is 1.95 bits per heavy atom. The molecule has 0 aliphatic carbocycles. The maximum Gasteiger partial charge on any atom is 0.269 e. The second-order valence-electron chi connectivity index (χ2n) is 5.15. The first-order valence-electron chi connectivity index (χ1n) is 7.03. The number of carbonyl (C=O) groups is 1. The van der Waals surface area contributed by atoms with E-state index in [1.807, 2.05) is 5.01 Å². The Balaban J connectivity index is 1.98. The van der Waals surface area contributed by atoms with Crippen molar-refractivity contribution in [3.8, 4) is 0 Å². The summed E-state index contributed by atoms with van der Waals surface area (Å²) in [5.74, 6) is -0.956. The minimum absolute atomic E-state index is 0.0384. The van der Waals surface area contributed by atoms with Gasteiger partial charge in [-0.05, 0) is 18.9 Å². The molecule has 114 valence electrons. The minimum Gasteiger partial charge on any atom is -0.289 e. The Morgan fingerprint density at radius 1 is 1.29 bits per heavy atom. The maximum absolute atomic E-state index is 13.6. The average Bonchev–Trinajstić information content (AvgIpc) is 2.69. The Labute approximate surface area is 122 Å². The molecule has 21 heavy (non-hydrogen) atoms. The van der Waals surface area contributed by atoms with Gasteiger partial charge in [-0.1, -0.05) is 12.8 Å². The van der Waals surface area contributed by atoms with Crippen LogP contribution in [0.5, 0.6) is 0 Å². The van der Waals surface area contributed by atoms with Crippen molar-refractivity contribution in [3.05, 3.63) is 39.7 Å². The number of nitro groups is 1. The predicted octanol–water partition coefficient (Wildman–Crippen LogP) is 2.18. The quantitative estimate of drug-likeness (QED) is 0.682. The minimum atomic E-state index is -0.605. The lowest BCUT2D eigenvalue weighted by Crippen LogP contribution is -2.43. The van der Waals surface area contributed by atoms with Gasteiger partial charge in [0.2, 0.25) is 5.91 Å². The molecule has 1 aliphatic rings. The van der Waals surface area contributed by atoms with E-state index in [0.717, 1.165) is 57.0 Å². The molecule has 1 heterocycles. The third kappa shape index (κ3) is 4.49. The number of nitrogens with zero attached hydrogens (tertiary/aromatic N) is 2.